The number of rotatable bonds is 6. The van der Waals surface area contributed by atoms with Crippen molar-refractivity contribution >= 4 is 21.7 Å². The lowest BCUT2D eigenvalue weighted by Crippen LogP contribution is -2.43. The van der Waals surface area contributed by atoms with E-state index in [4.69, 9.17) is 4.74 Å². The van der Waals surface area contributed by atoms with E-state index in [2.05, 4.69) is 10.3 Å². The Balaban J connectivity index is 2.37. The Morgan fingerprint density at radius 2 is 1.86 bits per heavy atom. The third kappa shape index (κ3) is 5.41. The van der Waals surface area contributed by atoms with E-state index < -0.39 is 38.9 Å². The zero-order chi connectivity index (χ0) is 22.0. The van der Waals surface area contributed by atoms with Crippen LogP contribution in [0.5, 0.6) is 5.75 Å². The van der Waals surface area contributed by atoms with Crippen molar-refractivity contribution in [3.8, 4) is 5.75 Å². The third-order valence-corrected chi connectivity index (χ3v) is 5.35. The summed E-state index contributed by atoms with van der Waals surface area (Å²) in [7, 11) is -3.35. The van der Waals surface area contributed by atoms with Crippen LogP contribution >= 0.6 is 0 Å². The Labute approximate surface area is 164 Å². The summed E-state index contributed by atoms with van der Waals surface area (Å²) in [6.07, 6.45) is -4.79. The molecule has 1 aromatic carbocycles. The normalized spacial score (nSPS) is 13.1. The summed E-state index contributed by atoms with van der Waals surface area (Å²) in [6, 6.07) is 2.94. The Kier molecular flexibility index (Phi) is 6.48. The quantitative estimate of drug-likeness (QED) is 0.680. The van der Waals surface area contributed by atoms with Gasteiger partial charge in [0.25, 0.3) is 5.91 Å². The molecule has 2 rings (SSSR count). The maximum atomic E-state index is 13.3. The lowest BCUT2D eigenvalue weighted by Gasteiger charge is -2.18. The van der Waals surface area contributed by atoms with E-state index in [-0.39, 0.29) is 22.8 Å². The van der Waals surface area contributed by atoms with Gasteiger partial charge in [-0.2, -0.15) is 17.9 Å². The van der Waals surface area contributed by atoms with Gasteiger partial charge < -0.3 is 10.1 Å². The smallest absolute Gasteiger partial charge is 0.404 e. The topological polar surface area (TPSA) is 97.4 Å². The van der Waals surface area contributed by atoms with Gasteiger partial charge in [0.2, 0.25) is 10.0 Å². The van der Waals surface area contributed by atoms with Crippen LogP contribution in [-0.4, -0.2) is 38.6 Å². The molecule has 2 N–H and O–H groups in total. The fourth-order valence-corrected chi connectivity index (χ4v) is 3.45. The van der Waals surface area contributed by atoms with Crippen molar-refractivity contribution in [2.45, 2.75) is 31.0 Å². The summed E-state index contributed by atoms with van der Waals surface area (Å²) in [6.45, 7) is 2.03. The number of carbonyl (C=O) groups excluding carboxylic acids is 1. The van der Waals surface area contributed by atoms with Gasteiger partial charge in [0, 0.05) is 0 Å². The predicted octanol–water partition coefficient (Wildman–Crippen LogP) is 3.02. The number of amides is 1. The summed E-state index contributed by atoms with van der Waals surface area (Å²) < 4.78 is 82.4. The van der Waals surface area contributed by atoms with Gasteiger partial charge in [0.15, 0.2) is 0 Å². The number of carbonyl (C=O) groups is 1. The van der Waals surface area contributed by atoms with E-state index in [1.165, 1.54) is 24.8 Å². The Morgan fingerprint density at radius 1 is 1.21 bits per heavy atom. The van der Waals surface area contributed by atoms with Crippen molar-refractivity contribution in [1.29, 1.82) is 0 Å². The van der Waals surface area contributed by atoms with Gasteiger partial charge in [0.05, 0.1) is 23.3 Å². The number of anilines is 1. The van der Waals surface area contributed by atoms with Crippen LogP contribution in [0, 0.1) is 12.7 Å². The van der Waals surface area contributed by atoms with Crippen molar-refractivity contribution in [2.24, 2.45) is 0 Å². The molecule has 0 radical (unpaired) electrons. The number of alkyl halides is 3. The molecule has 0 aliphatic rings. The number of nitrogens with one attached hydrogen (secondary N) is 2. The molecule has 0 bridgehead atoms. The second-order valence-corrected chi connectivity index (χ2v) is 7.68. The molecule has 29 heavy (non-hydrogen) atoms. The number of hydrogen-bond donors (Lipinski definition) is 2. The van der Waals surface area contributed by atoms with Gasteiger partial charge >= 0.3 is 6.18 Å². The molecule has 1 atom stereocenters. The minimum absolute atomic E-state index is 0.00645. The Hall–Kier alpha value is -2.73. The van der Waals surface area contributed by atoms with Crippen LogP contribution in [0.4, 0.5) is 23.4 Å². The number of ether oxygens (including phenoxy) is 1. The molecule has 12 heteroatoms. The van der Waals surface area contributed by atoms with Crippen molar-refractivity contribution in [2.75, 3.05) is 12.4 Å². The number of halogens is 4. The first-order valence-electron chi connectivity index (χ1n) is 8.06. The lowest BCUT2D eigenvalue weighted by molar-refractivity contribution is -0.147. The van der Waals surface area contributed by atoms with Crippen LogP contribution in [-0.2, 0) is 10.0 Å². The fraction of sp³-hybridized carbons (Fsp3) is 0.294. The van der Waals surface area contributed by atoms with Crippen LogP contribution in [0.2, 0.25) is 0 Å². The van der Waals surface area contributed by atoms with E-state index in [1.54, 1.807) is 0 Å². The van der Waals surface area contributed by atoms with Gasteiger partial charge in [-0.05, 0) is 44.2 Å². The molecule has 158 valence electrons. The van der Waals surface area contributed by atoms with Crippen molar-refractivity contribution in [1.82, 2.24) is 9.71 Å². The molecule has 1 amide bonds. The monoisotopic (exact) mass is 435 g/mol. The maximum absolute atomic E-state index is 13.3. The van der Waals surface area contributed by atoms with Gasteiger partial charge in [-0.1, -0.05) is 0 Å². The summed E-state index contributed by atoms with van der Waals surface area (Å²) >= 11 is 0. The second-order valence-electron chi connectivity index (χ2n) is 5.96. The van der Waals surface area contributed by atoms with Crippen LogP contribution < -0.4 is 14.8 Å². The highest BCUT2D eigenvalue weighted by Crippen LogP contribution is 2.26. The zero-order valence-corrected chi connectivity index (χ0v) is 16.3. The standard InChI is InChI=1S/C17H17F4N3O4S/c1-9-13(18)5-7-15(22-9)23-16(25)12-8-11(4-6-14(12)28-3)29(26,27)24-10(2)17(19,20)21/h4-8,10,24H,1-3H3,(H,22,23,25)/t10-/m1/s1. The molecular weight excluding hydrogens is 418 g/mol. The highest BCUT2D eigenvalue weighted by atomic mass is 32.2. The molecule has 1 aromatic heterocycles. The molecule has 0 saturated carbocycles. The molecule has 0 spiro atoms. The van der Waals surface area contributed by atoms with Gasteiger partial charge in [-0.3, -0.25) is 4.79 Å². The zero-order valence-electron chi connectivity index (χ0n) is 15.5. The summed E-state index contributed by atoms with van der Waals surface area (Å²) in [4.78, 5) is 15.8. The van der Waals surface area contributed by atoms with Crippen LogP contribution in [0.3, 0.4) is 0 Å². The molecule has 1 heterocycles. The van der Waals surface area contributed by atoms with E-state index in [0.717, 1.165) is 24.3 Å². The third-order valence-electron chi connectivity index (χ3n) is 3.81. The van der Waals surface area contributed by atoms with Gasteiger partial charge in [-0.15, -0.1) is 0 Å². The highest BCUT2D eigenvalue weighted by Gasteiger charge is 2.39. The lowest BCUT2D eigenvalue weighted by atomic mass is 10.2. The largest absolute Gasteiger partial charge is 0.496 e. The molecular formula is C17H17F4N3O4S. The number of hydrogen-bond acceptors (Lipinski definition) is 5. The van der Waals surface area contributed by atoms with E-state index in [1.807, 2.05) is 0 Å². The molecule has 0 aliphatic heterocycles. The second kappa shape index (κ2) is 8.33. The molecule has 2 aromatic rings. The molecule has 0 fully saturated rings. The average molecular weight is 435 g/mol. The number of aromatic nitrogens is 1. The molecule has 7 nitrogen and oxygen atoms in total. The van der Waals surface area contributed by atoms with Crippen LogP contribution in [0.25, 0.3) is 0 Å². The number of aryl methyl sites for hydroxylation is 1. The van der Waals surface area contributed by atoms with Crippen molar-refractivity contribution in [3.63, 3.8) is 0 Å². The first-order valence-corrected chi connectivity index (χ1v) is 9.55. The van der Waals surface area contributed by atoms with E-state index in [0.29, 0.717) is 6.92 Å². The van der Waals surface area contributed by atoms with E-state index >= 15 is 0 Å². The minimum atomic E-state index is -4.79. The number of pyridine rings is 1. The predicted molar refractivity (Wildman–Crippen MR) is 95.7 cm³/mol. The van der Waals surface area contributed by atoms with E-state index in [9.17, 15) is 30.8 Å². The Bertz CT molecular complexity index is 1030. The number of sulfonamides is 1. The molecule has 0 aliphatic carbocycles. The molecule has 0 saturated heterocycles. The van der Waals surface area contributed by atoms with Gasteiger partial charge in [-0.25, -0.2) is 17.8 Å². The summed E-state index contributed by atoms with van der Waals surface area (Å²) in [5.74, 6) is -1.46. The number of nitrogens with zero attached hydrogens (tertiary/aromatic N) is 1. The summed E-state index contributed by atoms with van der Waals surface area (Å²) in [5.41, 5.74) is -0.241. The number of benzene rings is 1. The fourth-order valence-electron chi connectivity index (χ4n) is 2.20. The Morgan fingerprint density at radius 3 is 2.41 bits per heavy atom. The van der Waals surface area contributed by atoms with Crippen molar-refractivity contribution in [3.05, 3.63) is 47.4 Å². The summed E-state index contributed by atoms with van der Waals surface area (Å²) in [5, 5.41) is 2.35. The first kappa shape index (κ1) is 22.6. The first-order chi connectivity index (χ1) is 13.3. The SMILES string of the molecule is COc1ccc(S(=O)(=O)N[C@H](C)C(F)(F)F)cc1C(=O)Nc1ccc(F)c(C)n1. The minimum Gasteiger partial charge on any atom is -0.496 e. The maximum Gasteiger partial charge on any atom is 0.404 e. The van der Waals surface area contributed by atoms with Crippen molar-refractivity contribution < 1.29 is 35.5 Å². The van der Waals surface area contributed by atoms with Crippen LogP contribution in [0.1, 0.15) is 23.0 Å². The highest BCUT2D eigenvalue weighted by molar-refractivity contribution is 7.89. The van der Waals surface area contributed by atoms with Crippen LogP contribution in [0.15, 0.2) is 35.2 Å². The number of methoxy groups -OCH3 is 1. The average Bonchev–Trinajstić information content (AvgIpc) is 2.63. The van der Waals surface area contributed by atoms with Gasteiger partial charge in [0.1, 0.15) is 23.4 Å². The molecule has 0 unspecified atom stereocenters.